The molecule has 0 aromatic heterocycles. The molecule has 0 aliphatic rings. The van der Waals surface area contributed by atoms with Crippen molar-refractivity contribution in [1.29, 1.82) is 0 Å². The van der Waals surface area contributed by atoms with E-state index in [2.05, 4.69) is 0 Å². The predicted molar refractivity (Wildman–Crippen MR) is 60.2 cm³/mol. The fourth-order valence-corrected chi connectivity index (χ4v) is 2.52. The maximum Gasteiger partial charge on any atom is 0.242 e. The van der Waals surface area contributed by atoms with Gasteiger partial charge in [-0.1, -0.05) is 11.6 Å². The van der Waals surface area contributed by atoms with Gasteiger partial charge in [0.15, 0.2) is 0 Å². The highest BCUT2D eigenvalue weighted by Crippen LogP contribution is 2.23. The van der Waals surface area contributed by atoms with Crippen molar-refractivity contribution in [3.63, 3.8) is 0 Å². The number of rotatable bonds is 4. The number of primary amides is 1. The third kappa shape index (κ3) is 3.09. The fourth-order valence-electron chi connectivity index (χ4n) is 0.979. The van der Waals surface area contributed by atoms with Gasteiger partial charge in [-0.3, -0.25) is 4.79 Å². The van der Waals surface area contributed by atoms with Gasteiger partial charge in [0.1, 0.15) is 4.90 Å². The molecule has 8 heteroatoms. The molecule has 0 saturated heterocycles. The quantitative estimate of drug-likeness (QED) is 0.646. The predicted octanol–water partition coefficient (Wildman–Crippen LogP) is -0.314. The van der Waals surface area contributed by atoms with E-state index < -0.39 is 22.5 Å². The summed E-state index contributed by atoms with van der Waals surface area (Å²) in [6, 6.07) is 3.95. The molecule has 0 saturated carbocycles. The van der Waals surface area contributed by atoms with E-state index in [-0.39, 0.29) is 9.92 Å². The van der Waals surface area contributed by atoms with Gasteiger partial charge in [0, 0.05) is 5.69 Å². The number of carbonyl (C=O) groups excluding carboxylic acids is 1. The van der Waals surface area contributed by atoms with Crippen LogP contribution in [0.25, 0.3) is 0 Å². The fraction of sp³-hybridized carbons (Fsp3) is 0.125. The Morgan fingerprint density at radius 2 is 2.06 bits per heavy atom. The smallest absolute Gasteiger partial charge is 0.242 e. The molecule has 0 fully saturated rings. The zero-order valence-electron chi connectivity index (χ0n) is 8.10. The van der Waals surface area contributed by atoms with E-state index >= 15 is 0 Å². The normalized spacial score (nSPS) is 11.3. The molecule has 0 bridgehead atoms. The minimum absolute atomic E-state index is 0.0167. The van der Waals surface area contributed by atoms with E-state index in [0.717, 1.165) is 0 Å². The van der Waals surface area contributed by atoms with Gasteiger partial charge in [0.2, 0.25) is 15.9 Å². The molecule has 0 aliphatic heterocycles. The Morgan fingerprint density at radius 1 is 1.44 bits per heavy atom. The number of halogens is 1. The highest BCUT2D eigenvalue weighted by molar-refractivity contribution is 7.89. The monoisotopic (exact) mass is 263 g/mol. The van der Waals surface area contributed by atoms with Gasteiger partial charge in [-0.15, -0.1) is 0 Å². The Morgan fingerprint density at radius 3 is 2.56 bits per heavy atom. The van der Waals surface area contributed by atoms with Crippen LogP contribution in [0.1, 0.15) is 0 Å². The number of benzene rings is 1. The van der Waals surface area contributed by atoms with Gasteiger partial charge in [-0.05, 0) is 18.2 Å². The Hall–Kier alpha value is -1.31. The van der Waals surface area contributed by atoms with Crippen LogP contribution in [0.4, 0.5) is 5.69 Å². The Kier molecular flexibility index (Phi) is 3.74. The van der Waals surface area contributed by atoms with Crippen LogP contribution in [0, 0.1) is 0 Å². The molecule has 0 atom stereocenters. The van der Waals surface area contributed by atoms with Crippen molar-refractivity contribution in [1.82, 2.24) is 4.72 Å². The number of sulfonamides is 1. The van der Waals surface area contributed by atoms with E-state index in [0.29, 0.717) is 5.69 Å². The van der Waals surface area contributed by atoms with E-state index in [1.807, 2.05) is 4.72 Å². The van der Waals surface area contributed by atoms with Gasteiger partial charge in [-0.25, -0.2) is 13.1 Å². The number of hydrogen-bond acceptors (Lipinski definition) is 4. The summed E-state index contributed by atoms with van der Waals surface area (Å²) in [5.74, 6) is -0.782. The molecule has 1 rings (SSSR count). The lowest BCUT2D eigenvalue weighted by Gasteiger charge is -2.07. The Labute approximate surface area is 97.6 Å². The number of nitrogens with two attached hydrogens (primary N) is 2. The SMILES string of the molecule is NC(=O)CNS(=O)(=O)c1ccc(N)cc1Cl. The molecule has 1 amide bonds. The van der Waals surface area contributed by atoms with E-state index in [1.54, 1.807) is 0 Å². The van der Waals surface area contributed by atoms with Crippen LogP contribution in [0.5, 0.6) is 0 Å². The van der Waals surface area contributed by atoms with Gasteiger partial charge in [0.25, 0.3) is 0 Å². The maximum atomic E-state index is 11.6. The first kappa shape index (κ1) is 12.8. The maximum absolute atomic E-state index is 11.6. The van der Waals surface area contributed by atoms with Crippen molar-refractivity contribution in [3.8, 4) is 0 Å². The van der Waals surface area contributed by atoms with Gasteiger partial charge >= 0.3 is 0 Å². The van der Waals surface area contributed by atoms with Crippen LogP contribution in [0.15, 0.2) is 23.1 Å². The highest BCUT2D eigenvalue weighted by atomic mass is 35.5. The van der Waals surface area contributed by atoms with Crippen molar-refractivity contribution in [2.75, 3.05) is 12.3 Å². The molecule has 0 radical (unpaired) electrons. The summed E-state index contributed by atoms with van der Waals surface area (Å²) in [4.78, 5) is 10.3. The summed E-state index contributed by atoms with van der Waals surface area (Å²) in [6.07, 6.45) is 0. The van der Waals surface area contributed by atoms with Crippen LogP contribution in [-0.4, -0.2) is 20.9 Å². The van der Waals surface area contributed by atoms with Crippen molar-refractivity contribution in [2.24, 2.45) is 5.73 Å². The minimum Gasteiger partial charge on any atom is -0.399 e. The summed E-state index contributed by atoms with van der Waals surface area (Å²) < 4.78 is 25.3. The number of nitrogen functional groups attached to an aromatic ring is 1. The van der Waals surface area contributed by atoms with E-state index in [4.69, 9.17) is 23.1 Å². The first-order valence-electron chi connectivity index (χ1n) is 4.16. The lowest BCUT2D eigenvalue weighted by Crippen LogP contribution is -2.33. The average Bonchev–Trinajstić information content (AvgIpc) is 2.14. The zero-order valence-corrected chi connectivity index (χ0v) is 9.68. The second kappa shape index (κ2) is 4.69. The molecule has 0 heterocycles. The summed E-state index contributed by atoms with van der Waals surface area (Å²) >= 11 is 5.71. The number of nitrogens with one attached hydrogen (secondary N) is 1. The van der Waals surface area contributed by atoms with Gasteiger partial charge in [0.05, 0.1) is 11.6 Å². The second-order valence-electron chi connectivity index (χ2n) is 2.98. The third-order valence-electron chi connectivity index (χ3n) is 1.68. The van der Waals surface area contributed by atoms with E-state index in [9.17, 15) is 13.2 Å². The molecule has 5 N–H and O–H groups in total. The van der Waals surface area contributed by atoms with Crippen LogP contribution in [0.2, 0.25) is 5.02 Å². The molecule has 0 unspecified atom stereocenters. The number of hydrogen-bond donors (Lipinski definition) is 3. The molecule has 1 aromatic rings. The Bertz CT molecular complexity index is 515. The molecule has 0 aliphatic carbocycles. The number of anilines is 1. The standard InChI is InChI=1S/C8H10ClN3O3S/c9-6-3-5(10)1-2-7(6)16(14,15)12-4-8(11)13/h1-3,12H,4,10H2,(H2,11,13). The largest absolute Gasteiger partial charge is 0.399 e. The molecule has 6 nitrogen and oxygen atoms in total. The summed E-state index contributed by atoms with van der Waals surface area (Å²) in [5, 5.41) is -0.0167. The molecular formula is C8H10ClN3O3S. The number of carbonyl (C=O) groups is 1. The first-order valence-corrected chi connectivity index (χ1v) is 6.02. The first-order chi connectivity index (χ1) is 7.33. The van der Waals surface area contributed by atoms with Gasteiger partial charge < -0.3 is 11.5 Å². The summed E-state index contributed by atoms with van der Waals surface area (Å²) in [5.41, 5.74) is 10.6. The molecule has 0 spiro atoms. The summed E-state index contributed by atoms with van der Waals surface area (Å²) in [6.45, 7) is -0.483. The van der Waals surface area contributed by atoms with Gasteiger partial charge in [-0.2, -0.15) is 0 Å². The number of amides is 1. The zero-order chi connectivity index (χ0) is 12.3. The lowest BCUT2D eigenvalue weighted by atomic mass is 10.3. The molecule has 16 heavy (non-hydrogen) atoms. The second-order valence-corrected chi connectivity index (χ2v) is 5.12. The van der Waals surface area contributed by atoms with E-state index in [1.165, 1.54) is 18.2 Å². The summed E-state index contributed by atoms with van der Waals surface area (Å²) in [7, 11) is -3.84. The van der Waals surface area contributed by atoms with Crippen LogP contribution in [0.3, 0.4) is 0 Å². The Balaban J connectivity index is 3.03. The topological polar surface area (TPSA) is 115 Å². The van der Waals surface area contributed by atoms with Crippen molar-refractivity contribution in [3.05, 3.63) is 23.2 Å². The van der Waals surface area contributed by atoms with Crippen LogP contribution >= 0.6 is 11.6 Å². The highest BCUT2D eigenvalue weighted by Gasteiger charge is 2.18. The average molecular weight is 264 g/mol. The van der Waals surface area contributed by atoms with Crippen LogP contribution in [-0.2, 0) is 14.8 Å². The third-order valence-corrected chi connectivity index (χ3v) is 3.57. The van der Waals surface area contributed by atoms with Crippen molar-refractivity contribution in [2.45, 2.75) is 4.90 Å². The molecular weight excluding hydrogens is 254 g/mol. The molecule has 1 aromatic carbocycles. The van der Waals surface area contributed by atoms with Crippen molar-refractivity contribution >= 4 is 33.2 Å². The minimum atomic E-state index is -3.84. The lowest BCUT2D eigenvalue weighted by molar-refractivity contribution is -0.116. The molecule has 88 valence electrons. The van der Waals surface area contributed by atoms with Crippen molar-refractivity contribution < 1.29 is 13.2 Å². The van der Waals surface area contributed by atoms with Crippen LogP contribution < -0.4 is 16.2 Å².